The van der Waals surface area contributed by atoms with Crippen LogP contribution in [-0.2, 0) is 6.42 Å². The van der Waals surface area contributed by atoms with Gasteiger partial charge in [0.25, 0.3) is 0 Å². The number of benzene rings is 6. The van der Waals surface area contributed by atoms with Crippen LogP contribution in [0.25, 0.3) is 72.4 Å². The van der Waals surface area contributed by atoms with Crippen molar-refractivity contribution in [2.45, 2.75) is 13.3 Å². The van der Waals surface area contributed by atoms with E-state index in [0.29, 0.717) is 11.1 Å². The number of hydrogen-bond acceptors (Lipinski definition) is 3. The van der Waals surface area contributed by atoms with Crippen molar-refractivity contribution in [2.24, 2.45) is 11.8 Å². The highest BCUT2D eigenvalue weighted by Crippen LogP contribution is 2.40. The van der Waals surface area contributed by atoms with Gasteiger partial charge in [-0.1, -0.05) is 91.9 Å². The molecule has 1 aliphatic rings. The number of aromatic nitrogens is 2. The lowest BCUT2D eigenvalue weighted by molar-refractivity contribution is 0.501. The van der Waals surface area contributed by atoms with Gasteiger partial charge < -0.3 is 9.13 Å². The molecule has 2 aromatic heterocycles. The van der Waals surface area contributed by atoms with E-state index in [1.807, 2.05) is 42.5 Å². The van der Waals surface area contributed by atoms with Crippen LogP contribution < -0.4 is 0 Å². The van der Waals surface area contributed by atoms with Gasteiger partial charge in [-0.05, 0) is 84.1 Å². The number of hydrogen-bond donors (Lipinski definition) is 0. The Balaban J connectivity index is 1.21. The molecule has 0 fully saturated rings. The summed E-state index contributed by atoms with van der Waals surface area (Å²) in [5.74, 6) is 0.0230. The number of fused-ring (bicyclic) bond motifs is 6. The normalized spacial score (nSPS) is 15.2. The second-order valence-electron chi connectivity index (χ2n) is 13.5. The summed E-state index contributed by atoms with van der Waals surface area (Å²) >= 11 is 0. The van der Waals surface area contributed by atoms with Crippen molar-refractivity contribution in [1.82, 2.24) is 9.13 Å². The monoisotopic (exact) mass is 665 g/mol. The largest absolute Gasteiger partial charge is 0.312 e. The van der Waals surface area contributed by atoms with Crippen LogP contribution in [0.4, 0.5) is 0 Å². The first kappa shape index (κ1) is 30.9. The van der Waals surface area contributed by atoms with E-state index in [4.69, 9.17) is 0 Å². The van der Waals surface area contributed by atoms with Crippen molar-refractivity contribution in [3.05, 3.63) is 162 Å². The Morgan fingerprint density at radius 1 is 0.596 bits per heavy atom. The highest BCUT2D eigenvalue weighted by atomic mass is 15.0. The summed E-state index contributed by atoms with van der Waals surface area (Å²) in [4.78, 5) is 0. The molecule has 0 amide bonds. The molecule has 2 atom stereocenters. The molecule has 1 aliphatic carbocycles. The third-order valence-electron chi connectivity index (χ3n) is 10.6. The summed E-state index contributed by atoms with van der Waals surface area (Å²) in [7, 11) is 0. The van der Waals surface area contributed by atoms with Gasteiger partial charge in [0.1, 0.15) is 0 Å². The Hall–Kier alpha value is -7.13. The highest BCUT2D eigenvalue weighted by Gasteiger charge is 2.26. The summed E-state index contributed by atoms with van der Waals surface area (Å²) in [6, 6.07) is 52.7. The van der Waals surface area contributed by atoms with Gasteiger partial charge in [-0.15, -0.1) is 0 Å². The maximum atomic E-state index is 10.3. The van der Waals surface area contributed by atoms with Crippen LogP contribution >= 0.6 is 0 Å². The predicted octanol–water partition coefficient (Wildman–Crippen LogP) is 11.2. The van der Waals surface area contributed by atoms with Crippen LogP contribution in [0.1, 0.15) is 29.3 Å². The standard InChI is InChI=1S/C47H31N5/c1-30-23-47-40(21-19-34(30)28-49)38-12-3-7-16-45(38)52(47)43-14-5-2-11-37(43)32-9-8-10-33(25-32)41-26-36(20-18-35(41)29-50)51-44-15-6-4-13-39(44)42-24-31(27-48)17-22-46(42)51/h2-22,24-26,30,34H,23H2,1H3. The molecule has 2 unspecified atom stereocenters. The van der Waals surface area contributed by atoms with Gasteiger partial charge in [0.05, 0.1) is 57.5 Å². The van der Waals surface area contributed by atoms with Gasteiger partial charge in [-0.25, -0.2) is 0 Å². The van der Waals surface area contributed by atoms with Crippen molar-refractivity contribution in [1.29, 1.82) is 15.8 Å². The van der Waals surface area contributed by atoms with Crippen LogP contribution in [0, 0.1) is 45.8 Å². The molecule has 0 radical (unpaired) electrons. The van der Waals surface area contributed by atoms with Crippen molar-refractivity contribution >= 4 is 38.8 Å². The molecule has 6 aromatic carbocycles. The van der Waals surface area contributed by atoms with Gasteiger partial charge in [-0.3, -0.25) is 0 Å². The first-order valence-electron chi connectivity index (χ1n) is 17.5. The van der Waals surface area contributed by atoms with E-state index in [2.05, 4.69) is 137 Å². The summed E-state index contributed by atoms with van der Waals surface area (Å²) in [6.07, 6.45) is 4.99. The van der Waals surface area contributed by atoms with E-state index in [-0.39, 0.29) is 11.8 Å². The fourth-order valence-corrected chi connectivity index (χ4v) is 8.07. The van der Waals surface area contributed by atoms with Crippen molar-refractivity contribution in [3.8, 4) is 51.8 Å². The van der Waals surface area contributed by atoms with Crippen LogP contribution in [0.3, 0.4) is 0 Å². The second kappa shape index (κ2) is 12.3. The molecule has 52 heavy (non-hydrogen) atoms. The van der Waals surface area contributed by atoms with E-state index in [0.717, 1.165) is 67.4 Å². The average molecular weight is 666 g/mol. The molecule has 0 N–H and O–H groups in total. The zero-order valence-electron chi connectivity index (χ0n) is 28.5. The van der Waals surface area contributed by atoms with Crippen LogP contribution in [-0.4, -0.2) is 9.13 Å². The van der Waals surface area contributed by atoms with E-state index in [9.17, 15) is 15.8 Å². The van der Waals surface area contributed by atoms with Crippen molar-refractivity contribution < 1.29 is 0 Å². The molecule has 244 valence electrons. The maximum absolute atomic E-state index is 10.3. The number of para-hydroxylation sites is 3. The smallest absolute Gasteiger partial charge is 0.0998 e. The van der Waals surface area contributed by atoms with Gasteiger partial charge in [0, 0.05) is 44.2 Å². The lowest BCUT2D eigenvalue weighted by Crippen LogP contribution is -2.12. The minimum absolute atomic E-state index is 0.144. The van der Waals surface area contributed by atoms with Gasteiger partial charge in [0.15, 0.2) is 0 Å². The molecular weight excluding hydrogens is 635 g/mol. The van der Waals surface area contributed by atoms with Crippen molar-refractivity contribution in [3.63, 3.8) is 0 Å². The Morgan fingerprint density at radius 2 is 1.31 bits per heavy atom. The van der Waals surface area contributed by atoms with Crippen molar-refractivity contribution in [2.75, 3.05) is 0 Å². The predicted molar refractivity (Wildman–Crippen MR) is 209 cm³/mol. The van der Waals surface area contributed by atoms with E-state index < -0.39 is 0 Å². The number of rotatable bonds is 4. The minimum atomic E-state index is -0.144. The summed E-state index contributed by atoms with van der Waals surface area (Å²) in [5.41, 5.74) is 12.7. The van der Waals surface area contributed by atoms with E-state index in [1.54, 1.807) is 0 Å². The molecule has 5 heteroatoms. The molecule has 9 rings (SSSR count). The molecule has 0 spiro atoms. The lowest BCUT2D eigenvalue weighted by atomic mass is 9.92. The fraction of sp³-hybridized carbons (Fsp3) is 0.0851. The minimum Gasteiger partial charge on any atom is -0.312 e. The zero-order valence-corrected chi connectivity index (χ0v) is 28.5. The quantitative estimate of drug-likeness (QED) is 0.188. The number of allylic oxidation sites excluding steroid dienone is 1. The molecule has 0 bridgehead atoms. The van der Waals surface area contributed by atoms with E-state index >= 15 is 0 Å². The highest BCUT2D eigenvalue weighted by molar-refractivity contribution is 6.09. The Kier molecular flexibility index (Phi) is 7.32. The molecule has 5 nitrogen and oxygen atoms in total. The summed E-state index contributed by atoms with van der Waals surface area (Å²) in [6.45, 7) is 2.16. The SMILES string of the molecule is CC1Cc2c(c3ccccc3n2-c2ccccc2-c2cccc(-c3cc(-n4c5ccccc5c5cc(C#N)ccc54)ccc3C#N)c2)C=CC1C#N. The lowest BCUT2D eigenvalue weighted by Gasteiger charge is -2.19. The van der Waals surface area contributed by atoms with Gasteiger partial charge in [-0.2, -0.15) is 15.8 Å². The maximum Gasteiger partial charge on any atom is 0.0998 e. The van der Waals surface area contributed by atoms with Gasteiger partial charge >= 0.3 is 0 Å². The third kappa shape index (κ3) is 4.82. The average Bonchev–Trinajstić information content (AvgIpc) is 3.63. The topological polar surface area (TPSA) is 81.2 Å². The Labute approximate surface area is 301 Å². The molecule has 2 heterocycles. The number of nitrogens with zero attached hydrogens (tertiary/aromatic N) is 5. The molecule has 8 aromatic rings. The molecule has 0 saturated carbocycles. The molecular formula is C47H31N5. The summed E-state index contributed by atoms with van der Waals surface area (Å²) < 4.78 is 4.60. The van der Waals surface area contributed by atoms with Crippen LogP contribution in [0.2, 0.25) is 0 Å². The molecule has 0 aliphatic heterocycles. The fourth-order valence-electron chi connectivity index (χ4n) is 8.07. The third-order valence-corrected chi connectivity index (χ3v) is 10.6. The van der Waals surface area contributed by atoms with E-state index in [1.165, 1.54) is 16.6 Å². The van der Waals surface area contributed by atoms with Crippen LogP contribution in [0.15, 0.2) is 140 Å². The second-order valence-corrected chi connectivity index (χ2v) is 13.5. The first-order chi connectivity index (χ1) is 25.6. The number of nitriles is 3. The van der Waals surface area contributed by atoms with Crippen LogP contribution in [0.5, 0.6) is 0 Å². The zero-order chi connectivity index (χ0) is 35.3. The first-order valence-corrected chi connectivity index (χ1v) is 17.5. The summed E-state index contributed by atoms with van der Waals surface area (Å²) in [5, 5.41) is 33.1. The van der Waals surface area contributed by atoms with Gasteiger partial charge in [0.2, 0.25) is 0 Å². The Bertz CT molecular complexity index is 2900. The molecule has 0 saturated heterocycles. The Morgan fingerprint density at radius 3 is 2.10 bits per heavy atom.